The molecule has 1 aromatic heterocycles. The number of nitrogens with one attached hydrogen (secondary N) is 1. The number of hydrogen-bond donors (Lipinski definition) is 2. The number of phenols is 1. The van der Waals surface area contributed by atoms with Crippen LogP contribution in [0.25, 0.3) is 0 Å². The molecule has 0 aliphatic carbocycles. The second-order valence-electron chi connectivity index (χ2n) is 5.13. The number of aromatic nitrogens is 2. The molecular formula is C17H17N3O2. The van der Waals surface area contributed by atoms with Crippen molar-refractivity contribution in [3.8, 4) is 5.75 Å². The van der Waals surface area contributed by atoms with E-state index in [1.165, 1.54) is 11.1 Å². The highest BCUT2D eigenvalue weighted by molar-refractivity contribution is 5.60. The number of benzene rings is 2. The van der Waals surface area contributed by atoms with Crippen LogP contribution in [0.3, 0.4) is 0 Å². The first-order valence-corrected chi connectivity index (χ1v) is 7.13. The first-order valence-electron chi connectivity index (χ1n) is 7.13. The van der Waals surface area contributed by atoms with E-state index in [1.807, 2.05) is 6.07 Å². The zero-order chi connectivity index (χ0) is 15.4. The average molecular weight is 295 g/mol. The van der Waals surface area contributed by atoms with Crippen LogP contribution in [0.5, 0.6) is 5.75 Å². The number of aryl methyl sites for hydroxylation is 3. The van der Waals surface area contributed by atoms with Crippen LogP contribution in [0.1, 0.15) is 17.0 Å². The molecule has 0 amide bonds. The molecule has 0 unspecified atom stereocenters. The van der Waals surface area contributed by atoms with Crippen molar-refractivity contribution in [3.63, 3.8) is 0 Å². The van der Waals surface area contributed by atoms with Crippen molar-refractivity contribution in [2.45, 2.75) is 19.8 Å². The summed E-state index contributed by atoms with van der Waals surface area (Å²) in [6.07, 6.45) is 1.52. The fraction of sp³-hybridized carbons (Fsp3) is 0.176. The second-order valence-corrected chi connectivity index (χ2v) is 5.13. The van der Waals surface area contributed by atoms with Crippen LogP contribution in [0, 0.1) is 6.92 Å². The minimum Gasteiger partial charge on any atom is -0.506 e. The number of anilines is 2. The van der Waals surface area contributed by atoms with Crippen LogP contribution in [0.2, 0.25) is 0 Å². The van der Waals surface area contributed by atoms with Gasteiger partial charge >= 0.3 is 6.01 Å². The van der Waals surface area contributed by atoms with Crippen LogP contribution < -0.4 is 5.32 Å². The fourth-order valence-electron chi connectivity index (χ4n) is 2.11. The lowest BCUT2D eigenvalue weighted by Gasteiger charge is -2.02. The second kappa shape index (κ2) is 6.30. The molecule has 1 heterocycles. The molecule has 0 bridgehead atoms. The van der Waals surface area contributed by atoms with Gasteiger partial charge in [-0.2, -0.15) is 0 Å². The van der Waals surface area contributed by atoms with Crippen LogP contribution in [-0.2, 0) is 12.8 Å². The Morgan fingerprint density at radius 3 is 2.55 bits per heavy atom. The van der Waals surface area contributed by atoms with Gasteiger partial charge < -0.3 is 14.8 Å². The van der Waals surface area contributed by atoms with Gasteiger partial charge in [-0.25, -0.2) is 0 Å². The Hall–Kier alpha value is -2.82. The minimum atomic E-state index is 0.141. The smallest absolute Gasteiger partial charge is 0.320 e. The highest BCUT2D eigenvalue weighted by Crippen LogP contribution is 2.25. The van der Waals surface area contributed by atoms with Gasteiger partial charge in [-0.05, 0) is 31.0 Å². The van der Waals surface area contributed by atoms with E-state index in [2.05, 4.69) is 46.7 Å². The summed E-state index contributed by atoms with van der Waals surface area (Å²) in [5, 5.41) is 20.6. The molecule has 112 valence electrons. The topological polar surface area (TPSA) is 71.2 Å². The molecule has 22 heavy (non-hydrogen) atoms. The summed E-state index contributed by atoms with van der Waals surface area (Å²) in [5.74, 6) is 0.709. The van der Waals surface area contributed by atoms with E-state index < -0.39 is 0 Å². The van der Waals surface area contributed by atoms with Crippen molar-refractivity contribution >= 4 is 11.7 Å². The van der Waals surface area contributed by atoms with Crippen LogP contribution in [0.4, 0.5) is 11.7 Å². The Kier molecular flexibility index (Phi) is 4.05. The highest BCUT2D eigenvalue weighted by atomic mass is 16.4. The van der Waals surface area contributed by atoms with E-state index in [4.69, 9.17) is 4.42 Å². The maximum atomic E-state index is 9.70. The normalized spacial score (nSPS) is 10.6. The number of hydrogen-bond acceptors (Lipinski definition) is 5. The lowest BCUT2D eigenvalue weighted by atomic mass is 10.1. The van der Waals surface area contributed by atoms with Gasteiger partial charge in [0.15, 0.2) is 0 Å². The molecule has 0 aliphatic rings. The quantitative estimate of drug-likeness (QED) is 0.704. The van der Waals surface area contributed by atoms with E-state index in [0.717, 1.165) is 6.42 Å². The molecule has 5 heteroatoms. The van der Waals surface area contributed by atoms with Crippen molar-refractivity contribution in [3.05, 3.63) is 65.5 Å². The zero-order valence-corrected chi connectivity index (χ0v) is 12.3. The fourth-order valence-corrected chi connectivity index (χ4v) is 2.11. The Morgan fingerprint density at radius 2 is 1.77 bits per heavy atom. The third-order valence-corrected chi connectivity index (χ3v) is 3.36. The molecule has 3 rings (SSSR count). The number of phenolic OH excluding ortho intramolecular Hbond substituents is 1. The number of rotatable bonds is 5. The van der Waals surface area contributed by atoms with Gasteiger partial charge in [0.05, 0.1) is 5.69 Å². The van der Waals surface area contributed by atoms with Crippen molar-refractivity contribution in [2.24, 2.45) is 0 Å². The first-order chi connectivity index (χ1) is 10.7. The van der Waals surface area contributed by atoms with E-state index in [0.29, 0.717) is 18.0 Å². The van der Waals surface area contributed by atoms with Crippen LogP contribution in [-0.4, -0.2) is 15.3 Å². The average Bonchev–Trinajstić information content (AvgIpc) is 2.97. The number of aromatic hydroxyl groups is 1. The zero-order valence-electron chi connectivity index (χ0n) is 12.3. The predicted octanol–water partition coefficient (Wildman–Crippen LogP) is 3.61. The van der Waals surface area contributed by atoms with E-state index >= 15 is 0 Å². The molecule has 0 radical (unpaired) electrons. The van der Waals surface area contributed by atoms with Gasteiger partial charge in [-0.3, -0.25) is 0 Å². The summed E-state index contributed by atoms with van der Waals surface area (Å²) >= 11 is 0. The Bertz CT molecular complexity index is 751. The summed E-state index contributed by atoms with van der Waals surface area (Å²) in [6.45, 7) is 2.07. The summed E-state index contributed by atoms with van der Waals surface area (Å²) < 4.78 is 5.54. The molecular weight excluding hydrogens is 278 g/mol. The van der Waals surface area contributed by atoms with Gasteiger partial charge in [0.25, 0.3) is 0 Å². The predicted molar refractivity (Wildman–Crippen MR) is 84.3 cm³/mol. The number of para-hydroxylation sites is 2. The first kappa shape index (κ1) is 14.1. The summed E-state index contributed by atoms with van der Waals surface area (Å²) in [4.78, 5) is 0. The van der Waals surface area contributed by atoms with Gasteiger partial charge in [0.2, 0.25) is 5.89 Å². The minimum absolute atomic E-state index is 0.141. The Labute approximate surface area is 128 Å². The third-order valence-electron chi connectivity index (χ3n) is 3.36. The molecule has 0 spiro atoms. The summed E-state index contributed by atoms with van der Waals surface area (Å²) in [5.41, 5.74) is 3.02. The molecule has 0 atom stereocenters. The van der Waals surface area contributed by atoms with Crippen LogP contribution in [0.15, 0.2) is 52.9 Å². The van der Waals surface area contributed by atoms with Gasteiger partial charge in [0, 0.05) is 6.42 Å². The molecule has 0 fully saturated rings. The maximum absolute atomic E-state index is 9.70. The summed E-state index contributed by atoms with van der Waals surface area (Å²) in [6, 6.07) is 15.6. The standard InChI is InChI=1S/C17H17N3O2/c1-12-6-8-13(9-7-12)10-11-16-19-20-17(22-16)18-14-4-2-3-5-15(14)21/h2-9,21H,10-11H2,1H3,(H,18,20). The maximum Gasteiger partial charge on any atom is 0.320 e. The molecule has 2 aromatic carbocycles. The SMILES string of the molecule is Cc1ccc(CCc2nnc(Nc3ccccc3O)o2)cc1. The van der Waals surface area contributed by atoms with Crippen molar-refractivity contribution in [1.82, 2.24) is 10.2 Å². The van der Waals surface area contributed by atoms with Gasteiger partial charge in [0.1, 0.15) is 5.75 Å². The van der Waals surface area contributed by atoms with Crippen molar-refractivity contribution in [1.29, 1.82) is 0 Å². The van der Waals surface area contributed by atoms with Gasteiger partial charge in [-0.1, -0.05) is 47.1 Å². The van der Waals surface area contributed by atoms with Gasteiger partial charge in [-0.15, -0.1) is 5.10 Å². The lowest BCUT2D eigenvalue weighted by molar-refractivity contribution is 0.475. The Morgan fingerprint density at radius 1 is 1.00 bits per heavy atom. The number of nitrogens with zero attached hydrogens (tertiary/aromatic N) is 2. The monoisotopic (exact) mass is 295 g/mol. The van der Waals surface area contributed by atoms with E-state index in [9.17, 15) is 5.11 Å². The Balaban J connectivity index is 1.61. The van der Waals surface area contributed by atoms with Crippen molar-refractivity contribution in [2.75, 3.05) is 5.32 Å². The molecule has 3 aromatic rings. The molecule has 0 aliphatic heterocycles. The molecule has 0 saturated carbocycles. The molecule has 2 N–H and O–H groups in total. The molecule has 0 saturated heterocycles. The van der Waals surface area contributed by atoms with E-state index in [1.54, 1.807) is 18.2 Å². The molecule has 5 nitrogen and oxygen atoms in total. The third kappa shape index (κ3) is 3.44. The van der Waals surface area contributed by atoms with Crippen molar-refractivity contribution < 1.29 is 9.52 Å². The summed E-state index contributed by atoms with van der Waals surface area (Å²) in [7, 11) is 0. The largest absolute Gasteiger partial charge is 0.506 e. The van der Waals surface area contributed by atoms with E-state index in [-0.39, 0.29) is 11.8 Å². The van der Waals surface area contributed by atoms with Crippen LogP contribution >= 0.6 is 0 Å². The highest BCUT2D eigenvalue weighted by Gasteiger charge is 2.08. The lowest BCUT2D eigenvalue weighted by Crippen LogP contribution is -1.91.